The van der Waals surface area contributed by atoms with E-state index in [1.54, 1.807) is 67.6 Å². The molecule has 0 amide bonds. The Morgan fingerprint density at radius 2 is 1.86 bits per heavy atom. The zero-order chi connectivity index (χ0) is 20.5. The SMILES string of the molecule is Cc1c(OC(=O)c2ccc(Br)cc2)ccc2c1O/C(=C\c1cccc(Cl)c1)C2=O. The van der Waals surface area contributed by atoms with Crippen LogP contribution in [0.3, 0.4) is 0 Å². The van der Waals surface area contributed by atoms with Crippen LogP contribution in [-0.2, 0) is 0 Å². The second-order valence-corrected chi connectivity index (χ2v) is 7.81. The van der Waals surface area contributed by atoms with Crippen LogP contribution in [0.25, 0.3) is 6.08 Å². The van der Waals surface area contributed by atoms with Gasteiger partial charge in [0.15, 0.2) is 5.76 Å². The first-order chi connectivity index (χ1) is 13.9. The monoisotopic (exact) mass is 468 g/mol. The number of hydrogen-bond donors (Lipinski definition) is 0. The number of ether oxygens (including phenoxy) is 2. The predicted octanol–water partition coefficient (Wildman–Crippen LogP) is 6.25. The lowest BCUT2D eigenvalue weighted by Gasteiger charge is -2.10. The second kappa shape index (κ2) is 7.85. The number of rotatable bonds is 3. The Morgan fingerprint density at radius 3 is 2.59 bits per heavy atom. The standard InChI is InChI=1S/C23H14BrClO4/c1-13-19(29-23(27)15-5-7-16(24)8-6-15)10-9-18-21(26)20(28-22(13)18)12-14-3-2-4-17(25)11-14/h2-12H,1H3/b20-12-. The lowest BCUT2D eigenvalue weighted by Crippen LogP contribution is -2.09. The van der Waals surface area contributed by atoms with E-state index in [0.717, 1.165) is 10.0 Å². The number of carbonyl (C=O) groups is 2. The second-order valence-electron chi connectivity index (χ2n) is 6.46. The van der Waals surface area contributed by atoms with Gasteiger partial charge in [-0.15, -0.1) is 0 Å². The number of halogens is 2. The molecule has 0 fully saturated rings. The molecular formula is C23H14BrClO4. The van der Waals surface area contributed by atoms with E-state index in [1.807, 2.05) is 6.07 Å². The van der Waals surface area contributed by atoms with Crippen molar-refractivity contribution in [2.75, 3.05) is 0 Å². The van der Waals surface area contributed by atoms with Crippen LogP contribution >= 0.6 is 27.5 Å². The van der Waals surface area contributed by atoms with Gasteiger partial charge in [0, 0.05) is 15.1 Å². The molecule has 0 saturated heterocycles. The lowest BCUT2D eigenvalue weighted by molar-refractivity contribution is 0.0733. The Morgan fingerprint density at radius 1 is 1.10 bits per heavy atom. The van der Waals surface area contributed by atoms with Gasteiger partial charge in [-0.3, -0.25) is 4.79 Å². The van der Waals surface area contributed by atoms with Gasteiger partial charge in [0.25, 0.3) is 0 Å². The first-order valence-electron chi connectivity index (χ1n) is 8.73. The Kier molecular flexibility index (Phi) is 5.26. The number of esters is 1. The maximum absolute atomic E-state index is 12.7. The van der Waals surface area contributed by atoms with Crippen LogP contribution < -0.4 is 9.47 Å². The smallest absolute Gasteiger partial charge is 0.343 e. The average molecular weight is 470 g/mol. The van der Waals surface area contributed by atoms with Crippen LogP contribution in [0.5, 0.6) is 11.5 Å². The van der Waals surface area contributed by atoms with Gasteiger partial charge in [0.1, 0.15) is 11.5 Å². The van der Waals surface area contributed by atoms with E-state index in [2.05, 4.69) is 15.9 Å². The molecule has 3 aromatic rings. The number of allylic oxidation sites excluding steroid dienone is 1. The highest BCUT2D eigenvalue weighted by atomic mass is 79.9. The molecule has 0 N–H and O–H groups in total. The van der Waals surface area contributed by atoms with Crippen LogP contribution in [0.1, 0.15) is 31.8 Å². The van der Waals surface area contributed by atoms with Crippen molar-refractivity contribution in [1.82, 2.24) is 0 Å². The van der Waals surface area contributed by atoms with Gasteiger partial charge in [-0.2, -0.15) is 0 Å². The molecule has 29 heavy (non-hydrogen) atoms. The van der Waals surface area contributed by atoms with Gasteiger partial charge in [0.05, 0.1) is 11.1 Å². The summed E-state index contributed by atoms with van der Waals surface area (Å²) >= 11 is 9.34. The summed E-state index contributed by atoms with van der Waals surface area (Å²) in [5.74, 6) is 0.216. The Hall–Kier alpha value is -2.89. The number of carbonyl (C=O) groups excluding carboxylic acids is 2. The van der Waals surface area contributed by atoms with E-state index in [4.69, 9.17) is 21.1 Å². The maximum atomic E-state index is 12.7. The van der Waals surface area contributed by atoms with Crippen LogP contribution in [-0.4, -0.2) is 11.8 Å². The van der Waals surface area contributed by atoms with Crippen molar-refractivity contribution in [2.45, 2.75) is 6.92 Å². The molecule has 0 atom stereocenters. The van der Waals surface area contributed by atoms with Gasteiger partial charge in [-0.25, -0.2) is 4.79 Å². The third-order valence-corrected chi connectivity index (χ3v) is 5.23. The minimum Gasteiger partial charge on any atom is -0.452 e. The molecule has 3 aromatic carbocycles. The fourth-order valence-corrected chi connectivity index (χ4v) is 3.43. The number of Topliss-reactive ketones (excluding diaryl/α,β-unsaturated/α-hetero) is 1. The van der Waals surface area contributed by atoms with Crippen LogP contribution in [0, 0.1) is 6.92 Å². The summed E-state index contributed by atoms with van der Waals surface area (Å²) < 4.78 is 12.2. The van der Waals surface area contributed by atoms with Crippen molar-refractivity contribution in [3.63, 3.8) is 0 Å². The molecule has 0 radical (unpaired) electrons. The number of hydrogen-bond acceptors (Lipinski definition) is 4. The molecule has 4 rings (SSSR count). The number of fused-ring (bicyclic) bond motifs is 1. The van der Waals surface area contributed by atoms with Crippen molar-refractivity contribution in [2.24, 2.45) is 0 Å². The summed E-state index contributed by atoms with van der Waals surface area (Å²) in [4.78, 5) is 25.1. The van der Waals surface area contributed by atoms with Crippen molar-refractivity contribution < 1.29 is 19.1 Å². The van der Waals surface area contributed by atoms with Gasteiger partial charge >= 0.3 is 5.97 Å². The summed E-state index contributed by atoms with van der Waals surface area (Å²) in [7, 11) is 0. The molecule has 0 saturated carbocycles. The van der Waals surface area contributed by atoms with E-state index < -0.39 is 5.97 Å². The molecule has 6 heteroatoms. The molecule has 1 aliphatic heterocycles. The Balaban J connectivity index is 1.61. The Labute approximate surface area is 180 Å². The minimum atomic E-state index is -0.487. The first-order valence-corrected chi connectivity index (χ1v) is 9.90. The average Bonchev–Trinajstić information content (AvgIpc) is 3.01. The highest BCUT2D eigenvalue weighted by molar-refractivity contribution is 9.10. The topological polar surface area (TPSA) is 52.6 Å². The molecule has 0 aromatic heterocycles. The van der Waals surface area contributed by atoms with E-state index in [-0.39, 0.29) is 11.5 Å². The maximum Gasteiger partial charge on any atom is 0.343 e. The third kappa shape index (κ3) is 3.97. The van der Waals surface area contributed by atoms with Gasteiger partial charge in [0.2, 0.25) is 5.78 Å². The molecule has 0 unspecified atom stereocenters. The van der Waals surface area contributed by atoms with Crippen molar-refractivity contribution in [3.8, 4) is 11.5 Å². The molecule has 1 aliphatic rings. The van der Waals surface area contributed by atoms with Crippen LogP contribution in [0.2, 0.25) is 5.02 Å². The summed E-state index contributed by atoms with van der Waals surface area (Å²) in [6, 6.07) is 17.2. The summed E-state index contributed by atoms with van der Waals surface area (Å²) in [5, 5.41) is 0.570. The van der Waals surface area contributed by atoms with Crippen molar-refractivity contribution >= 4 is 45.4 Å². The van der Waals surface area contributed by atoms with Crippen LogP contribution in [0.15, 0.2) is 70.9 Å². The zero-order valence-electron chi connectivity index (χ0n) is 15.2. The summed E-state index contributed by atoms with van der Waals surface area (Å²) in [5.41, 5.74) is 2.19. The minimum absolute atomic E-state index is 0.196. The fraction of sp³-hybridized carbons (Fsp3) is 0.0435. The molecule has 0 bridgehead atoms. The number of ketones is 1. The third-order valence-electron chi connectivity index (χ3n) is 4.47. The molecule has 144 valence electrons. The van der Waals surface area contributed by atoms with E-state index in [1.165, 1.54) is 0 Å². The van der Waals surface area contributed by atoms with Crippen molar-refractivity contribution in [3.05, 3.63) is 98.2 Å². The normalized spacial score (nSPS) is 13.9. The Bertz CT molecular complexity index is 1170. The summed E-state index contributed by atoms with van der Waals surface area (Å²) in [6.45, 7) is 1.75. The fourth-order valence-electron chi connectivity index (χ4n) is 2.97. The largest absolute Gasteiger partial charge is 0.452 e. The van der Waals surface area contributed by atoms with Gasteiger partial charge in [-0.05, 0) is 67.1 Å². The summed E-state index contributed by atoms with van der Waals surface area (Å²) in [6.07, 6.45) is 1.64. The van der Waals surface area contributed by atoms with E-state index in [0.29, 0.717) is 33.2 Å². The van der Waals surface area contributed by atoms with Gasteiger partial charge < -0.3 is 9.47 Å². The molecule has 0 aliphatic carbocycles. The lowest BCUT2D eigenvalue weighted by atomic mass is 10.1. The first kappa shape index (κ1) is 19.4. The van der Waals surface area contributed by atoms with E-state index in [9.17, 15) is 9.59 Å². The molecule has 0 spiro atoms. The highest BCUT2D eigenvalue weighted by Gasteiger charge is 2.30. The molecule has 1 heterocycles. The van der Waals surface area contributed by atoms with Crippen LogP contribution in [0.4, 0.5) is 0 Å². The molecular weight excluding hydrogens is 456 g/mol. The number of benzene rings is 3. The zero-order valence-corrected chi connectivity index (χ0v) is 17.6. The quantitative estimate of drug-likeness (QED) is 0.259. The van der Waals surface area contributed by atoms with Gasteiger partial charge in [-0.1, -0.05) is 39.7 Å². The van der Waals surface area contributed by atoms with E-state index >= 15 is 0 Å². The highest BCUT2D eigenvalue weighted by Crippen LogP contribution is 2.39. The van der Waals surface area contributed by atoms with Crippen molar-refractivity contribution in [1.29, 1.82) is 0 Å². The molecule has 4 nitrogen and oxygen atoms in total. The predicted molar refractivity (Wildman–Crippen MR) is 115 cm³/mol.